The third-order valence-electron chi connectivity index (χ3n) is 13.7. The standard InChI is InChI=1S/C54H106N2O5/c1-5-9-13-17-19-26-36-50(34-24-15-11-7-3)48-60-53(58)40-30-22-32-42-55(46-47-57)44-45-56(52-38-28-21-29-39-52)43-33-23-31-41-54(59)61-49-51(35-25-16-12-8-4)37-27-20-18-14-10-6-2/h50-52,57H,5-49H2,1-4H3. The van der Waals surface area contributed by atoms with Gasteiger partial charge in [-0.15, -0.1) is 0 Å². The van der Waals surface area contributed by atoms with Gasteiger partial charge in [-0.1, -0.05) is 188 Å². The van der Waals surface area contributed by atoms with Gasteiger partial charge in [-0.05, 0) is 89.1 Å². The molecule has 1 fully saturated rings. The number of carbonyl (C=O) groups excluding carboxylic acids is 2. The van der Waals surface area contributed by atoms with Gasteiger partial charge < -0.3 is 14.6 Å². The van der Waals surface area contributed by atoms with Crippen LogP contribution >= 0.6 is 0 Å². The quantitative estimate of drug-likeness (QED) is 0.0482. The number of aliphatic hydroxyl groups excluding tert-OH is 1. The van der Waals surface area contributed by atoms with Gasteiger partial charge in [0, 0.05) is 38.5 Å². The smallest absolute Gasteiger partial charge is 0.305 e. The Kier molecular flexibility index (Phi) is 41.8. The van der Waals surface area contributed by atoms with Crippen LogP contribution in [0.2, 0.25) is 0 Å². The van der Waals surface area contributed by atoms with Crippen LogP contribution in [0.3, 0.4) is 0 Å². The van der Waals surface area contributed by atoms with Gasteiger partial charge in [0.2, 0.25) is 0 Å². The molecule has 1 aliphatic rings. The third kappa shape index (κ3) is 35.8. The van der Waals surface area contributed by atoms with Gasteiger partial charge in [0.1, 0.15) is 0 Å². The Hall–Kier alpha value is -1.18. The molecule has 362 valence electrons. The van der Waals surface area contributed by atoms with Gasteiger partial charge in [-0.2, -0.15) is 0 Å². The van der Waals surface area contributed by atoms with Gasteiger partial charge in [0.25, 0.3) is 0 Å². The number of aliphatic hydroxyl groups is 1. The molecule has 0 aliphatic heterocycles. The highest BCUT2D eigenvalue weighted by molar-refractivity contribution is 5.69. The molecule has 0 aromatic carbocycles. The molecular formula is C54H106N2O5. The summed E-state index contributed by atoms with van der Waals surface area (Å²) in [4.78, 5) is 30.7. The summed E-state index contributed by atoms with van der Waals surface area (Å²) in [7, 11) is 0. The van der Waals surface area contributed by atoms with Crippen LogP contribution < -0.4 is 0 Å². The first-order chi connectivity index (χ1) is 30.0. The van der Waals surface area contributed by atoms with Crippen molar-refractivity contribution < 1.29 is 24.2 Å². The van der Waals surface area contributed by atoms with Gasteiger partial charge in [-0.25, -0.2) is 0 Å². The van der Waals surface area contributed by atoms with E-state index in [9.17, 15) is 14.7 Å². The van der Waals surface area contributed by atoms with Gasteiger partial charge in [0.05, 0.1) is 19.8 Å². The summed E-state index contributed by atoms with van der Waals surface area (Å²) < 4.78 is 11.7. The van der Waals surface area contributed by atoms with Gasteiger partial charge >= 0.3 is 11.9 Å². The van der Waals surface area contributed by atoms with E-state index in [-0.39, 0.29) is 18.5 Å². The SMILES string of the molecule is CCCCCCCCC(CCCCCC)COC(=O)CCCCCN(CCO)CCN(CCCCCC(=O)OCC(CCCCCC)CCCCCCCC)C1CCCCC1. The highest BCUT2D eigenvalue weighted by Crippen LogP contribution is 2.24. The molecule has 1 aliphatic carbocycles. The Bertz CT molecular complexity index is 942. The lowest BCUT2D eigenvalue weighted by Gasteiger charge is -2.36. The van der Waals surface area contributed by atoms with Crippen molar-refractivity contribution >= 4 is 11.9 Å². The second kappa shape index (κ2) is 44.0. The topological polar surface area (TPSA) is 79.3 Å². The number of nitrogens with zero attached hydrogens (tertiary/aromatic N) is 2. The monoisotopic (exact) mass is 863 g/mol. The molecule has 0 amide bonds. The number of unbranched alkanes of at least 4 members (excludes halogenated alkanes) is 20. The molecule has 7 heteroatoms. The zero-order valence-electron chi connectivity index (χ0n) is 41.5. The lowest BCUT2D eigenvalue weighted by atomic mass is 9.94. The number of esters is 2. The molecule has 0 aromatic heterocycles. The van der Waals surface area contributed by atoms with Crippen molar-refractivity contribution in [2.24, 2.45) is 11.8 Å². The predicted octanol–water partition coefficient (Wildman–Crippen LogP) is 14.8. The van der Waals surface area contributed by atoms with Crippen molar-refractivity contribution in [1.82, 2.24) is 9.80 Å². The maximum atomic E-state index is 12.8. The summed E-state index contributed by atoms with van der Waals surface area (Å²) in [6.45, 7) is 15.3. The fourth-order valence-electron chi connectivity index (χ4n) is 9.55. The molecule has 1 saturated carbocycles. The van der Waals surface area contributed by atoms with Gasteiger partial charge in [-0.3, -0.25) is 19.4 Å². The van der Waals surface area contributed by atoms with E-state index in [0.717, 1.165) is 64.7 Å². The Morgan fingerprint density at radius 2 is 0.852 bits per heavy atom. The minimum atomic E-state index is -0.0191. The summed E-state index contributed by atoms with van der Waals surface area (Å²) >= 11 is 0. The van der Waals surface area contributed by atoms with E-state index in [0.29, 0.717) is 50.5 Å². The van der Waals surface area contributed by atoms with Crippen molar-refractivity contribution in [1.29, 1.82) is 0 Å². The first-order valence-corrected chi connectivity index (χ1v) is 27.4. The number of ether oxygens (including phenoxy) is 2. The second-order valence-electron chi connectivity index (χ2n) is 19.4. The molecule has 61 heavy (non-hydrogen) atoms. The van der Waals surface area contributed by atoms with Crippen LogP contribution in [0.4, 0.5) is 0 Å². The normalized spacial score (nSPS) is 14.5. The van der Waals surface area contributed by atoms with E-state index >= 15 is 0 Å². The predicted molar refractivity (Wildman–Crippen MR) is 261 cm³/mol. The van der Waals surface area contributed by atoms with Crippen LogP contribution in [-0.4, -0.2) is 85.4 Å². The Labute approximate surface area is 380 Å². The van der Waals surface area contributed by atoms with Crippen molar-refractivity contribution in [3.8, 4) is 0 Å². The summed E-state index contributed by atoms with van der Waals surface area (Å²) in [5.41, 5.74) is 0. The lowest BCUT2D eigenvalue weighted by molar-refractivity contribution is -0.146. The van der Waals surface area contributed by atoms with Crippen LogP contribution in [0.5, 0.6) is 0 Å². The average molecular weight is 863 g/mol. The Balaban J connectivity index is 2.43. The zero-order chi connectivity index (χ0) is 44.3. The van der Waals surface area contributed by atoms with Crippen LogP contribution in [0.25, 0.3) is 0 Å². The zero-order valence-corrected chi connectivity index (χ0v) is 41.5. The van der Waals surface area contributed by atoms with E-state index in [1.54, 1.807) is 0 Å². The first-order valence-electron chi connectivity index (χ1n) is 27.4. The van der Waals surface area contributed by atoms with Crippen molar-refractivity contribution in [3.05, 3.63) is 0 Å². The summed E-state index contributed by atoms with van der Waals surface area (Å²) in [5, 5.41) is 9.90. The van der Waals surface area contributed by atoms with Crippen molar-refractivity contribution in [2.45, 2.75) is 271 Å². The average Bonchev–Trinajstić information content (AvgIpc) is 3.27. The minimum absolute atomic E-state index is 0.00258. The molecule has 0 saturated heterocycles. The van der Waals surface area contributed by atoms with Crippen molar-refractivity contribution in [3.63, 3.8) is 0 Å². The minimum Gasteiger partial charge on any atom is -0.465 e. The van der Waals surface area contributed by atoms with E-state index < -0.39 is 0 Å². The molecular weight excluding hydrogens is 757 g/mol. The first kappa shape index (κ1) is 57.8. The number of rotatable bonds is 46. The van der Waals surface area contributed by atoms with Crippen LogP contribution in [-0.2, 0) is 19.1 Å². The lowest BCUT2D eigenvalue weighted by Crippen LogP contribution is -2.43. The Morgan fingerprint density at radius 3 is 1.30 bits per heavy atom. The van der Waals surface area contributed by atoms with E-state index in [4.69, 9.17) is 9.47 Å². The highest BCUT2D eigenvalue weighted by atomic mass is 16.5. The fourth-order valence-corrected chi connectivity index (χ4v) is 9.55. The van der Waals surface area contributed by atoms with Crippen LogP contribution in [0.1, 0.15) is 265 Å². The highest BCUT2D eigenvalue weighted by Gasteiger charge is 2.22. The molecule has 7 nitrogen and oxygen atoms in total. The fraction of sp³-hybridized carbons (Fsp3) is 0.963. The summed E-state index contributed by atoms with van der Waals surface area (Å²) in [6, 6.07) is 0.656. The Morgan fingerprint density at radius 1 is 0.459 bits per heavy atom. The molecule has 0 heterocycles. The van der Waals surface area contributed by atoms with Crippen LogP contribution in [0, 0.1) is 11.8 Å². The molecule has 0 radical (unpaired) electrons. The molecule has 0 spiro atoms. The van der Waals surface area contributed by atoms with Crippen LogP contribution in [0.15, 0.2) is 0 Å². The molecule has 2 atom stereocenters. The maximum absolute atomic E-state index is 12.8. The maximum Gasteiger partial charge on any atom is 0.305 e. The third-order valence-corrected chi connectivity index (χ3v) is 13.7. The summed E-state index contributed by atoms with van der Waals surface area (Å²) in [5.74, 6) is 1.03. The second-order valence-corrected chi connectivity index (χ2v) is 19.4. The van der Waals surface area contributed by atoms with E-state index in [1.165, 1.54) is 186 Å². The molecule has 1 rings (SSSR count). The number of carbonyl (C=O) groups is 2. The van der Waals surface area contributed by atoms with Crippen molar-refractivity contribution in [2.75, 3.05) is 52.5 Å². The number of hydrogen-bond acceptors (Lipinski definition) is 7. The molecule has 0 bridgehead atoms. The number of hydrogen-bond donors (Lipinski definition) is 1. The molecule has 1 N–H and O–H groups in total. The van der Waals surface area contributed by atoms with Gasteiger partial charge in [0.15, 0.2) is 0 Å². The molecule has 2 unspecified atom stereocenters. The van der Waals surface area contributed by atoms with E-state index in [1.807, 2.05) is 0 Å². The summed E-state index contributed by atoms with van der Waals surface area (Å²) in [6.07, 6.45) is 44.6. The van der Waals surface area contributed by atoms with E-state index in [2.05, 4.69) is 37.5 Å². The molecule has 0 aromatic rings. The largest absolute Gasteiger partial charge is 0.465 e.